The van der Waals surface area contributed by atoms with E-state index in [0.29, 0.717) is 12.0 Å². The van der Waals surface area contributed by atoms with Gasteiger partial charge in [0.25, 0.3) is 0 Å². The Balaban J connectivity index is 2.01. The zero-order valence-electron chi connectivity index (χ0n) is 10.9. The van der Waals surface area contributed by atoms with Gasteiger partial charge >= 0.3 is 0 Å². The lowest BCUT2D eigenvalue weighted by molar-refractivity contribution is 0.260. The van der Waals surface area contributed by atoms with E-state index in [1.807, 2.05) is 13.0 Å². The fourth-order valence-corrected chi connectivity index (χ4v) is 2.55. The first-order valence-electron chi connectivity index (χ1n) is 6.42. The van der Waals surface area contributed by atoms with Crippen molar-refractivity contribution < 1.29 is 0 Å². The molecule has 1 saturated carbocycles. The molecule has 0 radical (unpaired) electrons. The quantitative estimate of drug-likeness (QED) is 0.825. The lowest BCUT2D eigenvalue weighted by atomic mass is 9.79. The number of anilines is 2. The average molecular weight is 234 g/mol. The topological polar surface area (TPSA) is 63.8 Å². The van der Waals surface area contributed by atoms with E-state index in [9.17, 15) is 0 Å². The molecule has 0 spiro atoms. The van der Waals surface area contributed by atoms with Gasteiger partial charge in [0.2, 0.25) is 5.95 Å². The third-order valence-electron chi connectivity index (χ3n) is 3.82. The van der Waals surface area contributed by atoms with Crippen LogP contribution in [0.1, 0.15) is 38.8 Å². The molecule has 0 amide bonds. The number of nitrogens with two attached hydrogens (primary N) is 1. The van der Waals surface area contributed by atoms with Crippen LogP contribution >= 0.6 is 0 Å². The van der Waals surface area contributed by atoms with Crippen LogP contribution in [0.15, 0.2) is 6.07 Å². The normalized spacial score (nSPS) is 29.0. The maximum Gasteiger partial charge on any atom is 0.222 e. The number of rotatable bonds is 2. The minimum absolute atomic E-state index is 0.352. The zero-order chi connectivity index (χ0) is 12.4. The molecule has 0 aliphatic heterocycles. The summed E-state index contributed by atoms with van der Waals surface area (Å²) in [5, 5.41) is 3.48. The van der Waals surface area contributed by atoms with E-state index >= 15 is 0 Å². The second-order valence-corrected chi connectivity index (χ2v) is 5.36. The summed E-state index contributed by atoms with van der Waals surface area (Å²) in [7, 11) is 0. The fraction of sp³-hybridized carbons (Fsp3) is 0.692. The fourth-order valence-electron chi connectivity index (χ4n) is 2.55. The molecule has 94 valence electrons. The molecule has 0 saturated heterocycles. The Morgan fingerprint density at radius 3 is 2.65 bits per heavy atom. The summed E-state index contributed by atoms with van der Waals surface area (Å²) >= 11 is 0. The first-order valence-corrected chi connectivity index (χ1v) is 6.42. The van der Waals surface area contributed by atoms with E-state index in [0.717, 1.165) is 23.3 Å². The predicted octanol–water partition coefficient (Wildman–Crippen LogP) is 2.60. The molecule has 2 rings (SSSR count). The maximum absolute atomic E-state index is 5.65. The SMILES string of the molecule is Cc1cc(NC2CCC(C)C(C)C2)nc(N)n1. The first kappa shape index (κ1) is 12.1. The van der Waals surface area contributed by atoms with Crippen molar-refractivity contribution in [2.75, 3.05) is 11.1 Å². The molecule has 3 N–H and O–H groups in total. The number of nitrogens with one attached hydrogen (secondary N) is 1. The Morgan fingerprint density at radius 2 is 2.00 bits per heavy atom. The first-order chi connectivity index (χ1) is 8.04. The maximum atomic E-state index is 5.65. The standard InChI is InChI=1S/C13H22N4/c1-8-4-5-11(6-9(8)2)16-12-7-10(3)15-13(14)17-12/h7-9,11H,4-6H2,1-3H3,(H3,14,15,16,17). The molecule has 1 aromatic rings. The van der Waals surface area contributed by atoms with E-state index in [4.69, 9.17) is 5.73 Å². The molecule has 1 heterocycles. The van der Waals surface area contributed by atoms with Crippen LogP contribution in [0.3, 0.4) is 0 Å². The van der Waals surface area contributed by atoms with Crippen molar-refractivity contribution in [2.45, 2.75) is 46.1 Å². The van der Waals surface area contributed by atoms with Crippen molar-refractivity contribution in [1.82, 2.24) is 9.97 Å². The number of hydrogen-bond donors (Lipinski definition) is 2. The third-order valence-corrected chi connectivity index (χ3v) is 3.82. The summed E-state index contributed by atoms with van der Waals surface area (Å²) in [6.45, 7) is 6.61. The molecule has 17 heavy (non-hydrogen) atoms. The van der Waals surface area contributed by atoms with E-state index < -0.39 is 0 Å². The zero-order valence-corrected chi connectivity index (χ0v) is 10.9. The van der Waals surface area contributed by atoms with Gasteiger partial charge in [0.05, 0.1) is 0 Å². The van der Waals surface area contributed by atoms with Crippen molar-refractivity contribution in [2.24, 2.45) is 11.8 Å². The van der Waals surface area contributed by atoms with Gasteiger partial charge in [-0.05, 0) is 38.0 Å². The average Bonchev–Trinajstić information content (AvgIpc) is 2.22. The van der Waals surface area contributed by atoms with Crippen molar-refractivity contribution in [1.29, 1.82) is 0 Å². The lowest BCUT2D eigenvalue weighted by Crippen LogP contribution is -2.30. The molecular weight excluding hydrogens is 212 g/mol. The Kier molecular flexibility index (Phi) is 3.50. The van der Waals surface area contributed by atoms with Gasteiger partial charge in [0.1, 0.15) is 5.82 Å². The Hall–Kier alpha value is -1.32. The van der Waals surface area contributed by atoms with E-state index in [-0.39, 0.29) is 0 Å². The third kappa shape index (κ3) is 3.08. The molecule has 1 aliphatic carbocycles. The second-order valence-electron chi connectivity index (χ2n) is 5.36. The summed E-state index contributed by atoms with van der Waals surface area (Å²) in [5.41, 5.74) is 6.57. The minimum atomic E-state index is 0.352. The predicted molar refractivity (Wildman–Crippen MR) is 70.8 cm³/mol. The number of aryl methyl sites for hydroxylation is 1. The van der Waals surface area contributed by atoms with E-state index in [1.165, 1.54) is 19.3 Å². The minimum Gasteiger partial charge on any atom is -0.368 e. The van der Waals surface area contributed by atoms with Crippen LogP contribution in [0, 0.1) is 18.8 Å². The molecule has 0 aromatic carbocycles. The van der Waals surface area contributed by atoms with Crippen molar-refractivity contribution in [3.63, 3.8) is 0 Å². The van der Waals surface area contributed by atoms with Gasteiger partial charge < -0.3 is 11.1 Å². The Labute approximate surface area is 103 Å². The summed E-state index contributed by atoms with van der Waals surface area (Å²) < 4.78 is 0. The number of aromatic nitrogens is 2. The summed E-state index contributed by atoms with van der Waals surface area (Å²) in [6.07, 6.45) is 3.72. The summed E-state index contributed by atoms with van der Waals surface area (Å²) in [5.74, 6) is 2.83. The van der Waals surface area contributed by atoms with Gasteiger partial charge in [-0.15, -0.1) is 0 Å². The number of nitrogen functional groups attached to an aromatic ring is 1. The van der Waals surface area contributed by atoms with Crippen LogP contribution in [-0.2, 0) is 0 Å². The highest BCUT2D eigenvalue weighted by Crippen LogP contribution is 2.30. The van der Waals surface area contributed by atoms with Crippen LogP contribution in [-0.4, -0.2) is 16.0 Å². The lowest BCUT2D eigenvalue weighted by Gasteiger charge is -2.32. The van der Waals surface area contributed by atoms with Gasteiger partial charge in [0.15, 0.2) is 0 Å². The number of nitrogens with zero attached hydrogens (tertiary/aromatic N) is 2. The summed E-state index contributed by atoms with van der Waals surface area (Å²) in [6, 6.07) is 2.48. The molecule has 0 bridgehead atoms. The van der Waals surface area contributed by atoms with Gasteiger partial charge in [-0.25, -0.2) is 4.98 Å². The molecule has 4 nitrogen and oxygen atoms in total. The molecule has 3 atom stereocenters. The van der Waals surface area contributed by atoms with Gasteiger partial charge in [-0.2, -0.15) is 4.98 Å². The molecule has 1 aliphatic rings. The smallest absolute Gasteiger partial charge is 0.222 e. The van der Waals surface area contributed by atoms with Crippen molar-refractivity contribution in [3.05, 3.63) is 11.8 Å². The number of hydrogen-bond acceptors (Lipinski definition) is 4. The van der Waals surface area contributed by atoms with Crippen LogP contribution in [0.5, 0.6) is 0 Å². The highest BCUT2D eigenvalue weighted by molar-refractivity contribution is 5.41. The van der Waals surface area contributed by atoms with E-state index in [2.05, 4.69) is 29.1 Å². The summed E-state index contributed by atoms with van der Waals surface area (Å²) in [4.78, 5) is 8.31. The largest absolute Gasteiger partial charge is 0.368 e. The highest BCUT2D eigenvalue weighted by atomic mass is 15.1. The molecule has 4 heteroatoms. The van der Waals surface area contributed by atoms with Gasteiger partial charge in [-0.1, -0.05) is 13.8 Å². The van der Waals surface area contributed by atoms with E-state index in [1.54, 1.807) is 0 Å². The van der Waals surface area contributed by atoms with Crippen LogP contribution in [0.4, 0.5) is 11.8 Å². The monoisotopic (exact) mass is 234 g/mol. The van der Waals surface area contributed by atoms with Crippen LogP contribution < -0.4 is 11.1 Å². The van der Waals surface area contributed by atoms with Gasteiger partial charge in [0, 0.05) is 17.8 Å². The van der Waals surface area contributed by atoms with Gasteiger partial charge in [-0.3, -0.25) is 0 Å². The van der Waals surface area contributed by atoms with Crippen LogP contribution in [0.25, 0.3) is 0 Å². The Morgan fingerprint density at radius 1 is 1.24 bits per heavy atom. The second kappa shape index (κ2) is 4.90. The molecule has 3 unspecified atom stereocenters. The molecule has 1 aromatic heterocycles. The van der Waals surface area contributed by atoms with Crippen molar-refractivity contribution in [3.8, 4) is 0 Å². The highest BCUT2D eigenvalue weighted by Gasteiger charge is 2.24. The molecule has 1 fully saturated rings. The van der Waals surface area contributed by atoms with Crippen LogP contribution in [0.2, 0.25) is 0 Å². The van der Waals surface area contributed by atoms with Crippen molar-refractivity contribution >= 4 is 11.8 Å². The molecular formula is C13H22N4. The Bertz CT molecular complexity index is 371.